The average Bonchev–Trinajstić information content (AvgIpc) is 2.56. The summed E-state index contributed by atoms with van der Waals surface area (Å²) in [6, 6.07) is 2.61. The maximum absolute atomic E-state index is 13.9. The Kier molecular flexibility index (Phi) is 4.67. The van der Waals surface area contributed by atoms with E-state index in [1.807, 2.05) is 0 Å². The highest BCUT2D eigenvalue weighted by Crippen LogP contribution is 2.40. The van der Waals surface area contributed by atoms with Gasteiger partial charge in [-0.25, -0.2) is 9.18 Å². The van der Waals surface area contributed by atoms with Crippen LogP contribution in [0.25, 0.3) is 0 Å². The Morgan fingerprint density at radius 3 is 2.96 bits per heavy atom. The number of anilines is 1. The lowest BCUT2D eigenvalue weighted by Crippen LogP contribution is -2.55. The number of ether oxygens (including phenoxy) is 1. The van der Waals surface area contributed by atoms with Crippen molar-refractivity contribution in [3.05, 3.63) is 23.5 Å². The van der Waals surface area contributed by atoms with Crippen LogP contribution in [0.15, 0.2) is 12.1 Å². The molecule has 0 aromatic heterocycles. The normalized spacial score (nSPS) is 26.7. The first-order valence-corrected chi connectivity index (χ1v) is 8.55. The van der Waals surface area contributed by atoms with E-state index in [1.165, 1.54) is 13.2 Å². The number of rotatable bonds is 2. The van der Waals surface area contributed by atoms with Gasteiger partial charge in [-0.1, -0.05) is 12.8 Å². The van der Waals surface area contributed by atoms with E-state index < -0.39 is 11.4 Å². The number of aliphatic hydroxyl groups is 1. The van der Waals surface area contributed by atoms with Crippen LogP contribution in [0.1, 0.15) is 37.7 Å². The van der Waals surface area contributed by atoms with E-state index in [1.54, 1.807) is 17.9 Å². The minimum Gasteiger partial charge on any atom is -0.494 e. The molecule has 1 aromatic carbocycles. The van der Waals surface area contributed by atoms with Crippen molar-refractivity contribution in [1.82, 2.24) is 4.90 Å². The molecule has 2 fully saturated rings. The van der Waals surface area contributed by atoms with Gasteiger partial charge in [-0.15, -0.1) is 0 Å². The molecule has 1 aliphatic heterocycles. The minimum absolute atomic E-state index is 0.138. The number of carbonyl (C=O) groups is 1. The van der Waals surface area contributed by atoms with Crippen LogP contribution in [0, 0.1) is 18.7 Å². The summed E-state index contributed by atoms with van der Waals surface area (Å²) in [6.45, 7) is 2.88. The van der Waals surface area contributed by atoms with Crippen LogP contribution >= 0.6 is 0 Å². The highest BCUT2D eigenvalue weighted by molar-refractivity contribution is 5.90. The number of hydrogen-bond acceptors (Lipinski definition) is 3. The number of hydrogen-bond donors (Lipinski definition) is 2. The molecular formula is C18H25FN2O3. The van der Waals surface area contributed by atoms with Gasteiger partial charge in [-0.05, 0) is 37.8 Å². The summed E-state index contributed by atoms with van der Waals surface area (Å²) in [7, 11) is 1.41. The Morgan fingerprint density at radius 2 is 2.21 bits per heavy atom. The molecule has 0 bridgehead atoms. The van der Waals surface area contributed by atoms with Gasteiger partial charge in [-0.2, -0.15) is 0 Å². The minimum atomic E-state index is -0.614. The van der Waals surface area contributed by atoms with Gasteiger partial charge < -0.3 is 20.1 Å². The second-order valence-corrected chi connectivity index (χ2v) is 6.97. The number of carbonyl (C=O) groups excluding carboxylic acids is 1. The molecule has 132 valence electrons. The third-order valence-electron chi connectivity index (χ3n) is 5.46. The Bertz CT molecular complexity index is 637. The van der Waals surface area contributed by atoms with Gasteiger partial charge in [0.25, 0.3) is 0 Å². The fourth-order valence-corrected chi connectivity index (χ4v) is 3.90. The number of halogens is 1. The quantitative estimate of drug-likeness (QED) is 0.871. The zero-order chi connectivity index (χ0) is 17.3. The van der Waals surface area contributed by atoms with Gasteiger partial charge in [0.1, 0.15) is 0 Å². The van der Waals surface area contributed by atoms with Crippen molar-refractivity contribution in [1.29, 1.82) is 0 Å². The van der Waals surface area contributed by atoms with Gasteiger partial charge in [0.15, 0.2) is 11.6 Å². The number of piperidine rings is 1. The van der Waals surface area contributed by atoms with E-state index in [0.717, 1.165) is 31.2 Å². The number of fused-ring (bicyclic) bond motifs is 1. The highest BCUT2D eigenvalue weighted by Gasteiger charge is 2.43. The summed E-state index contributed by atoms with van der Waals surface area (Å²) in [4.78, 5) is 14.3. The number of nitrogens with one attached hydrogen (secondary N) is 1. The fourth-order valence-electron chi connectivity index (χ4n) is 3.90. The third kappa shape index (κ3) is 3.20. The van der Waals surface area contributed by atoms with Crippen molar-refractivity contribution < 1.29 is 19.0 Å². The molecule has 3 rings (SSSR count). The summed E-state index contributed by atoms with van der Waals surface area (Å²) < 4.78 is 18.8. The molecular weight excluding hydrogens is 311 g/mol. The Labute approximate surface area is 141 Å². The maximum atomic E-state index is 13.9. The molecule has 0 unspecified atom stereocenters. The predicted molar refractivity (Wildman–Crippen MR) is 89.8 cm³/mol. The molecule has 1 saturated carbocycles. The smallest absolute Gasteiger partial charge is 0.321 e. The largest absolute Gasteiger partial charge is 0.494 e. The number of methoxy groups -OCH3 is 1. The van der Waals surface area contributed by atoms with Crippen molar-refractivity contribution in [3.8, 4) is 5.75 Å². The van der Waals surface area contributed by atoms with Gasteiger partial charge in [-0.3, -0.25) is 0 Å². The monoisotopic (exact) mass is 336 g/mol. The van der Waals surface area contributed by atoms with Crippen LogP contribution in [-0.2, 0) is 0 Å². The van der Waals surface area contributed by atoms with Crippen LogP contribution in [0.4, 0.5) is 14.9 Å². The maximum Gasteiger partial charge on any atom is 0.321 e. The number of benzene rings is 1. The summed E-state index contributed by atoms with van der Waals surface area (Å²) in [5.74, 6) is -0.200. The first kappa shape index (κ1) is 17.0. The number of nitrogens with zero attached hydrogens (tertiary/aromatic N) is 1. The molecule has 0 radical (unpaired) electrons. The molecule has 2 amide bonds. The van der Waals surface area contributed by atoms with Crippen LogP contribution in [-0.4, -0.2) is 41.8 Å². The lowest BCUT2D eigenvalue weighted by Gasteiger charge is -2.47. The first-order chi connectivity index (χ1) is 11.4. The zero-order valence-electron chi connectivity index (χ0n) is 14.3. The lowest BCUT2D eigenvalue weighted by molar-refractivity contribution is -0.0863. The Balaban J connectivity index is 1.69. The molecule has 1 heterocycles. The van der Waals surface area contributed by atoms with Crippen molar-refractivity contribution in [3.63, 3.8) is 0 Å². The summed E-state index contributed by atoms with van der Waals surface area (Å²) >= 11 is 0. The van der Waals surface area contributed by atoms with E-state index in [2.05, 4.69) is 5.32 Å². The van der Waals surface area contributed by atoms with Crippen LogP contribution < -0.4 is 10.1 Å². The first-order valence-electron chi connectivity index (χ1n) is 8.55. The summed E-state index contributed by atoms with van der Waals surface area (Å²) in [6.07, 6.45) is 4.56. The Hall–Kier alpha value is -1.82. The van der Waals surface area contributed by atoms with Crippen LogP contribution in [0.3, 0.4) is 0 Å². The fraction of sp³-hybridized carbons (Fsp3) is 0.611. The molecule has 0 spiro atoms. The zero-order valence-corrected chi connectivity index (χ0v) is 14.3. The second kappa shape index (κ2) is 6.59. The van der Waals surface area contributed by atoms with Gasteiger partial charge in [0.05, 0.1) is 12.7 Å². The third-order valence-corrected chi connectivity index (χ3v) is 5.46. The average molecular weight is 336 g/mol. The SMILES string of the molecule is COc1cc(C)c(NC(=O)N2CC[C@@]3(O)CCCC[C@H]3C2)cc1F. The Morgan fingerprint density at radius 1 is 1.42 bits per heavy atom. The van der Waals surface area contributed by atoms with E-state index in [9.17, 15) is 14.3 Å². The molecule has 1 saturated heterocycles. The van der Waals surface area contributed by atoms with Crippen molar-refractivity contribution in [2.45, 2.75) is 44.6 Å². The predicted octanol–water partition coefficient (Wildman–Crippen LogP) is 3.30. The van der Waals surface area contributed by atoms with E-state index in [0.29, 0.717) is 25.2 Å². The highest BCUT2D eigenvalue weighted by atomic mass is 19.1. The molecule has 2 atom stereocenters. The number of urea groups is 1. The molecule has 2 N–H and O–H groups in total. The van der Waals surface area contributed by atoms with Crippen molar-refractivity contribution in [2.75, 3.05) is 25.5 Å². The molecule has 5 nitrogen and oxygen atoms in total. The molecule has 1 aliphatic carbocycles. The van der Waals surface area contributed by atoms with Crippen molar-refractivity contribution in [2.24, 2.45) is 5.92 Å². The van der Waals surface area contributed by atoms with Gasteiger partial charge >= 0.3 is 6.03 Å². The lowest BCUT2D eigenvalue weighted by atomic mass is 9.71. The van der Waals surface area contributed by atoms with Crippen LogP contribution in [0.5, 0.6) is 5.75 Å². The number of amides is 2. The number of likely N-dealkylation sites (tertiary alicyclic amines) is 1. The van der Waals surface area contributed by atoms with E-state index in [-0.39, 0.29) is 17.7 Å². The molecule has 6 heteroatoms. The molecule has 24 heavy (non-hydrogen) atoms. The van der Waals surface area contributed by atoms with Crippen molar-refractivity contribution >= 4 is 11.7 Å². The second-order valence-electron chi connectivity index (χ2n) is 6.97. The number of aryl methyl sites for hydroxylation is 1. The van der Waals surface area contributed by atoms with Gasteiger partial charge in [0.2, 0.25) is 0 Å². The van der Waals surface area contributed by atoms with E-state index in [4.69, 9.17) is 4.74 Å². The van der Waals surface area contributed by atoms with Crippen LogP contribution in [0.2, 0.25) is 0 Å². The summed E-state index contributed by atoms with van der Waals surface area (Å²) in [5, 5.41) is 13.5. The standard InChI is InChI=1S/C18H25FN2O3/c1-12-9-16(24-2)14(19)10-15(12)20-17(22)21-8-7-18(23)6-4-3-5-13(18)11-21/h9-10,13,23H,3-8,11H2,1-2H3,(H,20,22)/t13-,18-/m0/s1. The van der Waals surface area contributed by atoms with E-state index >= 15 is 0 Å². The molecule has 1 aromatic rings. The topological polar surface area (TPSA) is 61.8 Å². The summed E-state index contributed by atoms with van der Waals surface area (Å²) in [5.41, 5.74) is 0.576. The molecule has 2 aliphatic rings. The van der Waals surface area contributed by atoms with Gasteiger partial charge in [0, 0.05) is 30.8 Å².